The normalized spacial score (nSPS) is 17.4. The van der Waals surface area contributed by atoms with Gasteiger partial charge in [0.25, 0.3) is 11.8 Å². The van der Waals surface area contributed by atoms with Gasteiger partial charge in [-0.15, -0.1) is 0 Å². The second-order valence-electron chi connectivity index (χ2n) is 13.1. The molecule has 0 saturated carbocycles. The van der Waals surface area contributed by atoms with Gasteiger partial charge in [0, 0.05) is 71.5 Å². The van der Waals surface area contributed by atoms with Crippen LogP contribution in [0.5, 0.6) is 0 Å². The van der Waals surface area contributed by atoms with Crippen LogP contribution in [0.25, 0.3) is 12.2 Å². The third-order valence-corrected chi connectivity index (χ3v) is 9.41. The quantitative estimate of drug-likeness (QED) is 0.296. The molecule has 2 aromatic carbocycles. The lowest BCUT2D eigenvalue weighted by Gasteiger charge is -2.30. The Labute approximate surface area is 324 Å². The maximum atomic E-state index is 12.0. The number of hydrogen-bond acceptors (Lipinski definition) is 12. The van der Waals surface area contributed by atoms with Gasteiger partial charge in [-0.2, -0.15) is 15.0 Å². The number of anilines is 3. The lowest BCUT2D eigenvalue weighted by atomic mass is 10.1. The van der Waals surface area contributed by atoms with Crippen LogP contribution >= 0.6 is 0 Å². The zero-order chi connectivity index (χ0) is 38.8. The Morgan fingerprint density at radius 3 is 1.53 bits per heavy atom. The van der Waals surface area contributed by atoms with Crippen molar-refractivity contribution in [2.24, 2.45) is 0 Å². The lowest BCUT2D eigenvalue weighted by molar-refractivity contribution is -0.113. The molecule has 55 heavy (non-hydrogen) atoms. The number of carbonyl (C=O) groups is 2. The molecule has 0 spiro atoms. The van der Waals surface area contributed by atoms with Crippen molar-refractivity contribution in [3.63, 3.8) is 0 Å². The second kappa shape index (κ2) is 21.8. The molecule has 7 rings (SSSR count). The van der Waals surface area contributed by atoms with Gasteiger partial charge in [0.05, 0.1) is 52.9 Å². The fraction of sp³-hybridized carbons (Fsp3) is 0.439. The summed E-state index contributed by atoms with van der Waals surface area (Å²) in [7, 11) is 1.63. The van der Waals surface area contributed by atoms with Crippen LogP contribution in [0.3, 0.4) is 0 Å². The number of nitrogens with zero attached hydrogens (tertiary/aromatic N) is 8. The Kier molecular flexibility index (Phi) is 16.3. The molecule has 4 fully saturated rings. The van der Waals surface area contributed by atoms with Crippen molar-refractivity contribution in [2.75, 3.05) is 127 Å². The van der Waals surface area contributed by atoms with Crippen LogP contribution in [0, 0.1) is 0 Å². The van der Waals surface area contributed by atoms with E-state index >= 15 is 0 Å². The molecule has 4 aliphatic rings. The van der Waals surface area contributed by atoms with Crippen LogP contribution in [-0.4, -0.2) is 149 Å². The SMILES string of the molecule is C=CC(=O)N(C)c1nc(N2CCOCC2)nc(N2CCOCC2)n1.C=Cc1ccc(C(=O)N2CCOCC2)cc1.C=Cc1ccc(CN2CCOCC2)cc1. The van der Waals surface area contributed by atoms with Gasteiger partial charge in [0.2, 0.25) is 17.8 Å². The molecule has 0 atom stereocenters. The van der Waals surface area contributed by atoms with E-state index in [1.54, 1.807) is 13.1 Å². The van der Waals surface area contributed by atoms with Crippen LogP contribution < -0.4 is 14.7 Å². The average Bonchev–Trinajstić information content (AvgIpc) is 3.27. The van der Waals surface area contributed by atoms with Crippen molar-refractivity contribution in [3.05, 3.63) is 96.6 Å². The van der Waals surface area contributed by atoms with E-state index in [9.17, 15) is 9.59 Å². The van der Waals surface area contributed by atoms with Gasteiger partial charge < -0.3 is 33.6 Å². The van der Waals surface area contributed by atoms with Crippen molar-refractivity contribution in [1.29, 1.82) is 0 Å². The molecule has 5 heterocycles. The molecule has 4 saturated heterocycles. The Bertz CT molecular complexity index is 1650. The summed E-state index contributed by atoms with van der Waals surface area (Å²) < 4.78 is 21.3. The number of amides is 2. The molecule has 0 aliphatic carbocycles. The smallest absolute Gasteiger partial charge is 0.254 e. The Morgan fingerprint density at radius 1 is 0.636 bits per heavy atom. The number of aromatic nitrogens is 3. The van der Waals surface area contributed by atoms with Gasteiger partial charge in [-0.05, 0) is 34.9 Å². The minimum atomic E-state index is -0.262. The second-order valence-corrected chi connectivity index (χ2v) is 13.1. The lowest BCUT2D eigenvalue weighted by Crippen LogP contribution is -2.40. The predicted molar refractivity (Wildman–Crippen MR) is 215 cm³/mol. The van der Waals surface area contributed by atoms with Crippen molar-refractivity contribution in [2.45, 2.75) is 6.54 Å². The molecule has 0 radical (unpaired) electrons. The highest BCUT2D eigenvalue weighted by Crippen LogP contribution is 2.20. The first-order valence-corrected chi connectivity index (χ1v) is 18.8. The van der Waals surface area contributed by atoms with Crippen molar-refractivity contribution in [1.82, 2.24) is 24.8 Å². The number of ether oxygens (including phenoxy) is 4. The van der Waals surface area contributed by atoms with Crippen molar-refractivity contribution in [3.8, 4) is 0 Å². The van der Waals surface area contributed by atoms with Crippen LogP contribution in [0.15, 0.2) is 74.3 Å². The predicted octanol–water partition coefficient (Wildman–Crippen LogP) is 3.66. The number of hydrogen-bond donors (Lipinski definition) is 0. The van der Waals surface area contributed by atoms with E-state index in [0.29, 0.717) is 96.8 Å². The summed E-state index contributed by atoms with van der Waals surface area (Å²) >= 11 is 0. The maximum absolute atomic E-state index is 12.0. The zero-order valence-corrected chi connectivity index (χ0v) is 32.0. The molecule has 0 unspecified atom stereocenters. The van der Waals surface area contributed by atoms with E-state index in [-0.39, 0.29) is 11.8 Å². The van der Waals surface area contributed by atoms with E-state index in [0.717, 1.165) is 44.0 Å². The first-order valence-electron chi connectivity index (χ1n) is 18.8. The first kappa shape index (κ1) is 41.2. The van der Waals surface area contributed by atoms with E-state index in [2.05, 4.69) is 63.9 Å². The van der Waals surface area contributed by atoms with Gasteiger partial charge in [0.1, 0.15) is 0 Å². The molecule has 3 aromatic rings. The molecule has 14 nitrogen and oxygen atoms in total. The van der Waals surface area contributed by atoms with E-state index < -0.39 is 0 Å². The third-order valence-electron chi connectivity index (χ3n) is 9.41. The van der Waals surface area contributed by atoms with E-state index in [1.165, 1.54) is 22.1 Å². The largest absolute Gasteiger partial charge is 0.379 e. The summed E-state index contributed by atoms with van der Waals surface area (Å²) in [5.74, 6) is 1.26. The highest BCUT2D eigenvalue weighted by Gasteiger charge is 2.23. The molecule has 1 aromatic heterocycles. The number of rotatable bonds is 9. The standard InChI is InChI=1S/C15H22N6O3.C13H15NO2.C13H17NO/c1-3-12(22)19(2)13-16-14(20-4-8-23-9-5-20)18-15(17-13)21-6-10-24-11-7-21;1-2-11-3-5-12(6-4-11)13(15)14-7-9-16-10-8-14;1-2-12-3-5-13(6-4-12)11-14-7-9-15-10-8-14/h3H,1,4-11H2,2H3;2-6H,1,7-10H2;2-6H,1,7-11H2. The fourth-order valence-corrected chi connectivity index (χ4v) is 6.03. The summed E-state index contributed by atoms with van der Waals surface area (Å²) in [5.41, 5.74) is 4.30. The van der Waals surface area contributed by atoms with Gasteiger partial charge in [-0.1, -0.05) is 68.3 Å². The number of carbonyl (C=O) groups excluding carboxylic acids is 2. The minimum Gasteiger partial charge on any atom is -0.379 e. The Morgan fingerprint density at radius 2 is 1.07 bits per heavy atom. The Balaban J connectivity index is 0.000000165. The first-order chi connectivity index (χ1) is 26.9. The van der Waals surface area contributed by atoms with Gasteiger partial charge in [-0.25, -0.2) is 0 Å². The molecular formula is C41H54N8O6. The summed E-state index contributed by atoms with van der Waals surface area (Å²) in [4.78, 5) is 47.2. The topological polar surface area (TPSA) is 126 Å². The summed E-state index contributed by atoms with van der Waals surface area (Å²) in [5, 5.41) is 0. The van der Waals surface area contributed by atoms with Gasteiger partial charge >= 0.3 is 0 Å². The van der Waals surface area contributed by atoms with Crippen LogP contribution in [0.1, 0.15) is 27.0 Å². The fourth-order valence-electron chi connectivity index (χ4n) is 6.03. The highest BCUT2D eigenvalue weighted by atomic mass is 16.5. The van der Waals surface area contributed by atoms with Crippen molar-refractivity contribution < 1.29 is 28.5 Å². The number of morpholine rings is 4. The number of benzene rings is 2. The van der Waals surface area contributed by atoms with Crippen molar-refractivity contribution >= 4 is 41.8 Å². The molecule has 14 heteroatoms. The summed E-state index contributed by atoms with van der Waals surface area (Å²) in [6, 6.07) is 16.1. The zero-order valence-electron chi connectivity index (χ0n) is 32.0. The van der Waals surface area contributed by atoms with Crippen LogP contribution in [0.4, 0.5) is 17.8 Å². The van der Waals surface area contributed by atoms with Gasteiger partial charge in [0.15, 0.2) is 0 Å². The minimum absolute atomic E-state index is 0.0823. The Hall–Kier alpha value is -4.99. The van der Waals surface area contributed by atoms with E-state index in [1.807, 2.05) is 45.0 Å². The highest BCUT2D eigenvalue weighted by molar-refractivity contribution is 5.99. The average molecular weight is 755 g/mol. The number of likely N-dealkylation sites (N-methyl/N-ethyl adjacent to an activating group) is 1. The summed E-state index contributed by atoms with van der Waals surface area (Å²) in [6.07, 6.45) is 4.88. The van der Waals surface area contributed by atoms with Gasteiger partial charge in [-0.3, -0.25) is 19.4 Å². The molecule has 0 N–H and O–H groups in total. The van der Waals surface area contributed by atoms with E-state index in [4.69, 9.17) is 18.9 Å². The molecule has 4 aliphatic heterocycles. The molecule has 0 bridgehead atoms. The summed E-state index contributed by atoms with van der Waals surface area (Å²) in [6.45, 7) is 23.8. The maximum Gasteiger partial charge on any atom is 0.254 e. The molecular weight excluding hydrogens is 701 g/mol. The molecule has 2 amide bonds. The third kappa shape index (κ3) is 12.5. The van der Waals surface area contributed by atoms with Crippen LogP contribution in [-0.2, 0) is 30.3 Å². The monoisotopic (exact) mass is 754 g/mol. The van der Waals surface area contributed by atoms with Crippen LogP contribution in [0.2, 0.25) is 0 Å². The molecule has 294 valence electrons.